The molecule has 0 unspecified atom stereocenters. The molecule has 0 bridgehead atoms. The van der Waals surface area contributed by atoms with Gasteiger partial charge in [0.2, 0.25) is 0 Å². The Kier molecular flexibility index (Phi) is 5.20. The third-order valence-electron chi connectivity index (χ3n) is 4.30. The molecule has 0 radical (unpaired) electrons. The molecule has 134 valence electrons. The lowest BCUT2D eigenvalue weighted by molar-refractivity contribution is 0.0656. The lowest BCUT2D eigenvalue weighted by Crippen LogP contribution is -2.49. The lowest BCUT2D eigenvalue weighted by atomic mass is 10.0. The third kappa shape index (κ3) is 3.59. The number of rotatable bonds is 6. The summed E-state index contributed by atoms with van der Waals surface area (Å²) in [6.07, 6.45) is 0.809. The third-order valence-corrected chi connectivity index (χ3v) is 4.30. The zero-order valence-corrected chi connectivity index (χ0v) is 14.1. The highest BCUT2D eigenvalue weighted by Crippen LogP contribution is 2.31. The van der Waals surface area contributed by atoms with E-state index < -0.39 is 5.97 Å². The molecule has 8 nitrogen and oxygen atoms in total. The van der Waals surface area contributed by atoms with Gasteiger partial charge in [0, 0.05) is 19.2 Å². The molecule has 1 aliphatic heterocycles. The maximum Gasteiger partial charge on any atom is 0.343 e. The van der Waals surface area contributed by atoms with Gasteiger partial charge < -0.3 is 29.7 Å². The number of hydrogen-bond donors (Lipinski definition) is 3. The van der Waals surface area contributed by atoms with Gasteiger partial charge in [0.15, 0.2) is 17.1 Å². The van der Waals surface area contributed by atoms with Crippen LogP contribution in [-0.2, 0) is 4.74 Å². The normalized spacial score (nSPS) is 20.2. The van der Waals surface area contributed by atoms with E-state index in [9.17, 15) is 9.90 Å². The standard InChI is InChI=1S/C17H21N3O5/c1-23-11-5-3-10(4-6-11)15-14(17(21)22)16(20-25-15)19-12-9-18-8-7-13(12)24-2/h3-6,12-13,18H,7-9H2,1-2H3,(H,19,20)(H,21,22)/t12-,13+/m0/s1. The van der Waals surface area contributed by atoms with Gasteiger partial charge in [-0.2, -0.15) is 0 Å². The second kappa shape index (κ2) is 7.54. The highest BCUT2D eigenvalue weighted by Gasteiger charge is 2.30. The zero-order chi connectivity index (χ0) is 17.8. The minimum absolute atomic E-state index is 0.00518. The largest absolute Gasteiger partial charge is 0.497 e. The van der Waals surface area contributed by atoms with Gasteiger partial charge in [-0.05, 0) is 37.2 Å². The molecule has 3 N–H and O–H groups in total. The molecule has 2 atom stereocenters. The fourth-order valence-corrected chi connectivity index (χ4v) is 2.96. The summed E-state index contributed by atoms with van der Waals surface area (Å²) < 4.78 is 15.9. The second-order valence-corrected chi connectivity index (χ2v) is 5.79. The number of methoxy groups -OCH3 is 2. The maximum atomic E-state index is 11.8. The van der Waals surface area contributed by atoms with Crippen molar-refractivity contribution < 1.29 is 23.9 Å². The summed E-state index contributed by atoms with van der Waals surface area (Å²) in [7, 11) is 3.22. The number of carboxylic acids is 1. The Morgan fingerprint density at radius 1 is 1.36 bits per heavy atom. The van der Waals surface area contributed by atoms with Crippen molar-refractivity contribution in [3.63, 3.8) is 0 Å². The molecule has 1 aromatic heterocycles. The van der Waals surface area contributed by atoms with Crippen LogP contribution in [0.5, 0.6) is 5.75 Å². The number of carbonyl (C=O) groups is 1. The predicted octanol–water partition coefficient (Wildman–Crippen LogP) is 1.84. The Labute approximate surface area is 145 Å². The Bertz CT molecular complexity index is 728. The van der Waals surface area contributed by atoms with Crippen molar-refractivity contribution in [3.05, 3.63) is 29.8 Å². The molecule has 0 saturated carbocycles. The number of ether oxygens (including phenoxy) is 2. The molecule has 1 saturated heterocycles. The summed E-state index contributed by atoms with van der Waals surface area (Å²) in [5, 5.41) is 20.0. The minimum Gasteiger partial charge on any atom is -0.497 e. The van der Waals surface area contributed by atoms with Crippen molar-refractivity contribution in [3.8, 4) is 17.1 Å². The summed E-state index contributed by atoms with van der Waals surface area (Å²) in [6, 6.07) is 6.85. The van der Waals surface area contributed by atoms with Crippen LogP contribution in [0.1, 0.15) is 16.8 Å². The molecule has 0 spiro atoms. The number of anilines is 1. The van der Waals surface area contributed by atoms with E-state index in [1.54, 1.807) is 38.5 Å². The van der Waals surface area contributed by atoms with E-state index in [0.717, 1.165) is 13.0 Å². The molecule has 3 rings (SSSR count). The van der Waals surface area contributed by atoms with Crippen LogP contribution in [0.2, 0.25) is 0 Å². The van der Waals surface area contributed by atoms with E-state index in [1.165, 1.54) is 0 Å². The minimum atomic E-state index is -1.10. The predicted molar refractivity (Wildman–Crippen MR) is 91.1 cm³/mol. The van der Waals surface area contributed by atoms with Crippen molar-refractivity contribution in [2.24, 2.45) is 0 Å². The van der Waals surface area contributed by atoms with Gasteiger partial charge in [-0.25, -0.2) is 4.79 Å². The summed E-state index contributed by atoms with van der Waals surface area (Å²) in [5.41, 5.74) is 0.620. The molecule has 1 aliphatic rings. The molecule has 0 amide bonds. The quantitative estimate of drug-likeness (QED) is 0.727. The van der Waals surface area contributed by atoms with E-state index in [-0.39, 0.29) is 29.3 Å². The number of carboxylic acid groups (broad SMARTS) is 1. The summed E-state index contributed by atoms with van der Waals surface area (Å²) in [6.45, 7) is 1.51. The van der Waals surface area contributed by atoms with Crippen LogP contribution in [0.25, 0.3) is 11.3 Å². The molecule has 1 fully saturated rings. The van der Waals surface area contributed by atoms with E-state index in [4.69, 9.17) is 14.0 Å². The van der Waals surface area contributed by atoms with Gasteiger partial charge >= 0.3 is 5.97 Å². The average Bonchev–Trinajstić information content (AvgIpc) is 3.06. The summed E-state index contributed by atoms with van der Waals surface area (Å²) in [5.74, 6) is -0.0218. The topological polar surface area (TPSA) is 106 Å². The van der Waals surface area contributed by atoms with E-state index in [1.807, 2.05) is 0 Å². The first-order chi connectivity index (χ1) is 12.1. The van der Waals surface area contributed by atoms with Crippen molar-refractivity contribution in [2.75, 3.05) is 32.6 Å². The van der Waals surface area contributed by atoms with Gasteiger partial charge in [0.1, 0.15) is 5.75 Å². The maximum absolute atomic E-state index is 11.8. The first-order valence-corrected chi connectivity index (χ1v) is 8.01. The van der Waals surface area contributed by atoms with Crippen LogP contribution in [-0.4, -0.2) is 55.7 Å². The fourth-order valence-electron chi connectivity index (χ4n) is 2.96. The van der Waals surface area contributed by atoms with Gasteiger partial charge in [-0.15, -0.1) is 0 Å². The molecule has 2 heterocycles. The first kappa shape index (κ1) is 17.2. The summed E-state index contributed by atoms with van der Waals surface area (Å²) in [4.78, 5) is 11.8. The molecule has 0 aliphatic carbocycles. The van der Waals surface area contributed by atoms with Gasteiger partial charge in [0.05, 0.1) is 19.3 Å². The van der Waals surface area contributed by atoms with Gasteiger partial charge in [-0.1, -0.05) is 5.16 Å². The van der Waals surface area contributed by atoms with E-state index >= 15 is 0 Å². The molecule has 8 heteroatoms. The van der Waals surface area contributed by atoms with E-state index in [0.29, 0.717) is 17.9 Å². The average molecular weight is 347 g/mol. The van der Waals surface area contributed by atoms with Crippen LogP contribution in [0.4, 0.5) is 5.82 Å². The molecule has 1 aromatic carbocycles. The SMILES string of the molecule is COc1ccc(-c2onc(N[C@H]3CNCC[C@H]3OC)c2C(=O)O)cc1. The Hall–Kier alpha value is -2.58. The number of nitrogens with zero attached hydrogens (tertiary/aromatic N) is 1. The number of nitrogens with one attached hydrogen (secondary N) is 2. The number of piperidine rings is 1. The number of aromatic nitrogens is 1. The Morgan fingerprint density at radius 3 is 2.76 bits per heavy atom. The Morgan fingerprint density at radius 2 is 2.12 bits per heavy atom. The van der Waals surface area contributed by atoms with Crippen molar-refractivity contribution >= 4 is 11.8 Å². The highest BCUT2D eigenvalue weighted by atomic mass is 16.5. The Balaban J connectivity index is 1.90. The van der Waals surface area contributed by atoms with Crippen molar-refractivity contribution in [1.82, 2.24) is 10.5 Å². The van der Waals surface area contributed by atoms with Crippen LogP contribution in [0.3, 0.4) is 0 Å². The number of benzene rings is 1. The van der Waals surface area contributed by atoms with Crippen LogP contribution >= 0.6 is 0 Å². The number of hydrogen-bond acceptors (Lipinski definition) is 7. The van der Waals surface area contributed by atoms with Crippen LogP contribution in [0.15, 0.2) is 28.8 Å². The first-order valence-electron chi connectivity index (χ1n) is 8.01. The van der Waals surface area contributed by atoms with Crippen LogP contribution < -0.4 is 15.4 Å². The zero-order valence-electron chi connectivity index (χ0n) is 14.1. The monoisotopic (exact) mass is 347 g/mol. The molecular formula is C17H21N3O5. The molecular weight excluding hydrogens is 326 g/mol. The van der Waals surface area contributed by atoms with E-state index in [2.05, 4.69) is 15.8 Å². The fraction of sp³-hybridized carbons (Fsp3) is 0.412. The molecule has 2 aromatic rings. The molecule has 25 heavy (non-hydrogen) atoms. The van der Waals surface area contributed by atoms with Crippen molar-refractivity contribution in [1.29, 1.82) is 0 Å². The smallest absolute Gasteiger partial charge is 0.343 e. The van der Waals surface area contributed by atoms with Gasteiger partial charge in [0.25, 0.3) is 0 Å². The highest BCUT2D eigenvalue weighted by molar-refractivity contribution is 5.99. The van der Waals surface area contributed by atoms with Gasteiger partial charge in [-0.3, -0.25) is 0 Å². The lowest BCUT2D eigenvalue weighted by Gasteiger charge is -2.31. The van der Waals surface area contributed by atoms with Crippen molar-refractivity contribution in [2.45, 2.75) is 18.6 Å². The van der Waals surface area contributed by atoms with Crippen LogP contribution in [0, 0.1) is 0 Å². The second-order valence-electron chi connectivity index (χ2n) is 5.79. The summed E-state index contributed by atoms with van der Waals surface area (Å²) >= 11 is 0. The number of aromatic carboxylic acids is 1.